The number of nitrogens with two attached hydrogens (primary N) is 4. The Morgan fingerprint density at radius 1 is 0.929 bits per heavy atom. The van der Waals surface area contributed by atoms with Crippen molar-refractivity contribution in [2.75, 3.05) is 6.54 Å². The quantitative estimate of drug-likeness (QED) is 0.0594. The van der Waals surface area contributed by atoms with Crippen LogP contribution in [0.2, 0.25) is 0 Å². The minimum atomic E-state index is -1.25. The molecule has 0 bridgehead atoms. The van der Waals surface area contributed by atoms with E-state index in [1.54, 1.807) is 20.0 Å². The number of para-hydroxylation sites is 1. The number of aromatic amines is 1. The number of nitrogens with one attached hydrogen (secondary N) is 4. The monoisotopic (exact) mass is 587 g/mol. The van der Waals surface area contributed by atoms with Gasteiger partial charge in [-0.15, -0.1) is 0 Å². The van der Waals surface area contributed by atoms with Crippen LogP contribution in [0.5, 0.6) is 0 Å². The van der Waals surface area contributed by atoms with Crippen molar-refractivity contribution in [3.05, 3.63) is 36.0 Å². The van der Waals surface area contributed by atoms with E-state index in [1.165, 1.54) is 0 Å². The molecule has 0 aliphatic carbocycles. The minimum Gasteiger partial charge on any atom is -0.480 e. The molecule has 4 amide bonds. The van der Waals surface area contributed by atoms with Crippen LogP contribution in [0.3, 0.4) is 0 Å². The van der Waals surface area contributed by atoms with Gasteiger partial charge in [-0.05, 0) is 36.8 Å². The van der Waals surface area contributed by atoms with Crippen LogP contribution in [0.15, 0.2) is 35.5 Å². The summed E-state index contributed by atoms with van der Waals surface area (Å²) in [7, 11) is 0. The van der Waals surface area contributed by atoms with Crippen LogP contribution in [0.1, 0.15) is 45.1 Å². The van der Waals surface area contributed by atoms with Crippen molar-refractivity contribution in [3.63, 3.8) is 0 Å². The third-order valence-corrected chi connectivity index (χ3v) is 6.58. The molecular weight excluding hydrogens is 546 g/mol. The minimum absolute atomic E-state index is 0.0145. The van der Waals surface area contributed by atoms with Crippen LogP contribution in [-0.4, -0.2) is 76.4 Å². The molecule has 42 heavy (non-hydrogen) atoms. The number of nitrogens with zero attached hydrogens (tertiary/aromatic N) is 1. The number of H-pyrrole nitrogens is 1. The lowest BCUT2D eigenvalue weighted by Crippen LogP contribution is -2.59. The number of hydrogen-bond acceptors (Lipinski definition) is 7. The third-order valence-electron chi connectivity index (χ3n) is 6.58. The lowest BCUT2D eigenvalue weighted by Gasteiger charge is -2.27. The maximum absolute atomic E-state index is 13.6. The van der Waals surface area contributed by atoms with Crippen LogP contribution < -0.4 is 38.9 Å². The molecule has 0 aliphatic rings. The van der Waals surface area contributed by atoms with Crippen molar-refractivity contribution in [1.82, 2.24) is 20.9 Å². The van der Waals surface area contributed by atoms with E-state index in [4.69, 9.17) is 22.9 Å². The first-order valence-electron chi connectivity index (χ1n) is 13.6. The van der Waals surface area contributed by atoms with Crippen LogP contribution in [0.4, 0.5) is 0 Å². The Kier molecular flexibility index (Phi) is 12.7. The van der Waals surface area contributed by atoms with Crippen molar-refractivity contribution in [2.24, 2.45) is 33.8 Å². The zero-order chi connectivity index (χ0) is 31.4. The normalized spacial score (nSPS) is 13.9. The van der Waals surface area contributed by atoms with Gasteiger partial charge in [-0.1, -0.05) is 32.0 Å². The Balaban J connectivity index is 2.23. The Morgan fingerprint density at radius 2 is 1.60 bits per heavy atom. The Morgan fingerprint density at radius 3 is 2.21 bits per heavy atom. The van der Waals surface area contributed by atoms with Gasteiger partial charge in [0, 0.05) is 36.5 Å². The zero-order valence-corrected chi connectivity index (χ0v) is 23.8. The molecule has 230 valence electrons. The number of carbonyl (C=O) groups excluding carboxylic acids is 4. The second kappa shape index (κ2) is 16.0. The summed E-state index contributed by atoms with van der Waals surface area (Å²) < 4.78 is 0. The van der Waals surface area contributed by atoms with Gasteiger partial charge in [-0.25, -0.2) is 4.79 Å². The summed E-state index contributed by atoms with van der Waals surface area (Å²) in [5, 5.41) is 18.2. The second-order valence-electron chi connectivity index (χ2n) is 10.3. The molecular formula is C27H41N9O6. The van der Waals surface area contributed by atoms with Gasteiger partial charge in [-0.2, -0.15) is 0 Å². The first-order valence-corrected chi connectivity index (χ1v) is 13.6. The topological polar surface area (TPSA) is 274 Å². The van der Waals surface area contributed by atoms with Crippen molar-refractivity contribution in [2.45, 2.75) is 70.1 Å². The highest BCUT2D eigenvalue weighted by atomic mass is 16.4. The second-order valence-corrected chi connectivity index (χ2v) is 10.3. The number of guanidine groups is 1. The van der Waals surface area contributed by atoms with Gasteiger partial charge in [-0.3, -0.25) is 24.2 Å². The molecule has 0 fully saturated rings. The van der Waals surface area contributed by atoms with E-state index >= 15 is 0 Å². The summed E-state index contributed by atoms with van der Waals surface area (Å²) in [6, 6.07) is 2.79. The largest absolute Gasteiger partial charge is 0.480 e. The van der Waals surface area contributed by atoms with Crippen LogP contribution in [0.25, 0.3) is 10.9 Å². The number of carbonyl (C=O) groups is 5. The predicted octanol–water partition coefficient (Wildman–Crippen LogP) is -1.45. The molecule has 15 nitrogen and oxygen atoms in total. The summed E-state index contributed by atoms with van der Waals surface area (Å²) >= 11 is 0. The maximum atomic E-state index is 13.6. The Hall–Kier alpha value is -4.66. The van der Waals surface area contributed by atoms with Crippen molar-refractivity contribution < 1.29 is 29.1 Å². The number of aromatic nitrogens is 1. The van der Waals surface area contributed by atoms with E-state index in [1.807, 2.05) is 24.3 Å². The van der Waals surface area contributed by atoms with Crippen molar-refractivity contribution >= 4 is 46.5 Å². The molecule has 1 heterocycles. The first-order chi connectivity index (χ1) is 19.8. The first kappa shape index (κ1) is 33.5. The van der Waals surface area contributed by atoms with Gasteiger partial charge in [0.25, 0.3) is 0 Å². The summed E-state index contributed by atoms with van der Waals surface area (Å²) in [5.74, 6) is -4.49. The molecule has 0 saturated heterocycles. The van der Waals surface area contributed by atoms with Crippen LogP contribution >= 0.6 is 0 Å². The highest BCUT2D eigenvalue weighted by Crippen LogP contribution is 2.19. The number of benzene rings is 1. The molecule has 1 aromatic heterocycles. The highest BCUT2D eigenvalue weighted by Gasteiger charge is 2.32. The van der Waals surface area contributed by atoms with Gasteiger partial charge >= 0.3 is 5.97 Å². The fourth-order valence-corrected chi connectivity index (χ4v) is 4.25. The number of primary amides is 1. The lowest BCUT2D eigenvalue weighted by molar-refractivity contribution is -0.142. The molecule has 0 saturated carbocycles. The van der Waals surface area contributed by atoms with E-state index in [0.717, 1.165) is 16.5 Å². The molecule has 15 heteroatoms. The number of carboxylic acids is 1. The van der Waals surface area contributed by atoms with Gasteiger partial charge < -0.3 is 49.0 Å². The number of aliphatic imine (C=N–C) groups is 1. The van der Waals surface area contributed by atoms with Crippen molar-refractivity contribution in [3.8, 4) is 0 Å². The molecule has 1 aromatic carbocycles. The average Bonchev–Trinajstić information content (AvgIpc) is 3.33. The van der Waals surface area contributed by atoms with Crippen molar-refractivity contribution in [1.29, 1.82) is 0 Å². The van der Waals surface area contributed by atoms with E-state index in [2.05, 4.69) is 25.9 Å². The number of amides is 4. The van der Waals surface area contributed by atoms with E-state index in [-0.39, 0.29) is 38.2 Å². The van der Waals surface area contributed by atoms with E-state index in [0.29, 0.717) is 6.42 Å². The van der Waals surface area contributed by atoms with Gasteiger partial charge in [0.1, 0.15) is 18.1 Å². The fourth-order valence-electron chi connectivity index (χ4n) is 4.25. The Bertz CT molecular complexity index is 1290. The van der Waals surface area contributed by atoms with E-state index in [9.17, 15) is 29.1 Å². The van der Waals surface area contributed by atoms with Gasteiger partial charge in [0.15, 0.2) is 5.96 Å². The number of carboxylic acid groups (broad SMARTS) is 1. The zero-order valence-electron chi connectivity index (χ0n) is 23.8. The highest BCUT2D eigenvalue weighted by molar-refractivity contribution is 5.95. The van der Waals surface area contributed by atoms with Crippen LogP contribution in [0, 0.1) is 5.92 Å². The molecule has 2 aromatic rings. The summed E-state index contributed by atoms with van der Waals surface area (Å²) in [4.78, 5) is 69.4. The molecule has 2 rings (SSSR count). The smallest absolute Gasteiger partial charge is 0.326 e. The third kappa shape index (κ3) is 10.4. The Labute approximate surface area is 243 Å². The molecule has 0 radical (unpaired) electrons. The molecule has 4 atom stereocenters. The number of aliphatic carboxylic acids is 1. The molecule has 0 spiro atoms. The fraction of sp³-hybridized carbons (Fsp3) is 0.481. The van der Waals surface area contributed by atoms with E-state index < -0.39 is 59.7 Å². The number of fused-ring (bicyclic) bond motifs is 1. The molecule has 13 N–H and O–H groups in total. The SMILES string of the molecule is CC(C)C(NC(=O)C(Cc1c[nH]c2ccccc12)NC(=O)C(N)CCC(N)=O)C(=O)NC(CCCN=C(N)N)C(=O)O. The summed E-state index contributed by atoms with van der Waals surface area (Å²) in [6.45, 7) is 3.56. The molecule has 0 aliphatic heterocycles. The summed E-state index contributed by atoms with van der Waals surface area (Å²) in [5.41, 5.74) is 23.2. The molecule has 4 unspecified atom stereocenters. The van der Waals surface area contributed by atoms with Gasteiger partial charge in [0.2, 0.25) is 23.6 Å². The standard InChI is InChI=1S/C27H41N9O6/c1-14(2)22(25(40)34-19(26(41)42)8-5-11-32-27(30)31)36-24(39)20(35-23(38)17(28)9-10-21(29)37)12-15-13-33-18-7-4-3-6-16(15)18/h3-4,6-7,13-14,17,19-20,22,33H,5,8-12,28H2,1-2H3,(H2,29,37)(H,34,40)(H,35,38)(H,36,39)(H,41,42)(H4,30,31,32). The van der Waals surface area contributed by atoms with Crippen LogP contribution in [-0.2, 0) is 30.4 Å². The number of rotatable bonds is 17. The summed E-state index contributed by atoms with van der Waals surface area (Å²) in [6.07, 6.45) is 2.00. The lowest BCUT2D eigenvalue weighted by atomic mass is 9.99. The average molecular weight is 588 g/mol. The predicted molar refractivity (Wildman–Crippen MR) is 157 cm³/mol. The van der Waals surface area contributed by atoms with Gasteiger partial charge in [0.05, 0.1) is 6.04 Å². The maximum Gasteiger partial charge on any atom is 0.326 e. The number of hydrogen-bond donors (Lipinski definition) is 9.